The quantitative estimate of drug-likeness (QED) is 0.785. The average molecular weight is 291 g/mol. The maximum Gasteiger partial charge on any atom is 0.335 e. The average Bonchev–Trinajstić information content (AvgIpc) is 2.81. The van der Waals surface area contributed by atoms with Gasteiger partial charge in [-0.05, 0) is 36.4 Å². The first-order valence-corrected chi connectivity index (χ1v) is 6.10. The number of rotatable bonds is 2. The molecule has 0 amide bonds. The van der Waals surface area contributed by atoms with Crippen molar-refractivity contribution in [3.05, 3.63) is 59.1 Å². The number of nitrogens with zero attached hydrogens (tertiary/aromatic N) is 2. The summed E-state index contributed by atoms with van der Waals surface area (Å²) in [4.78, 5) is 15.2. The van der Waals surface area contributed by atoms with E-state index in [2.05, 4.69) is 4.98 Å². The van der Waals surface area contributed by atoms with Gasteiger partial charge in [-0.15, -0.1) is 0 Å². The summed E-state index contributed by atoms with van der Waals surface area (Å²) in [6.45, 7) is 0. The van der Waals surface area contributed by atoms with Gasteiger partial charge in [0, 0.05) is 0 Å². The van der Waals surface area contributed by atoms with E-state index in [9.17, 15) is 9.18 Å². The number of carboxylic acids is 1. The predicted octanol–water partition coefficient (Wildman–Crippen LogP) is 3.52. The molecular weight excluding hydrogens is 283 g/mol. The highest BCUT2D eigenvalue weighted by Gasteiger charge is 2.11. The summed E-state index contributed by atoms with van der Waals surface area (Å²) in [7, 11) is 0. The van der Waals surface area contributed by atoms with Crippen LogP contribution >= 0.6 is 11.6 Å². The number of carboxylic acid groups (broad SMARTS) is 1. The summed E-state index contributed by atoms with van der Waals surface area (Å²) >= 11 is 6.02. The molecule has 0 fully saturated rings. The van der Waals surface area contributed by atoms with Crippen molar-refractivity contribution in [1.29, 1.82) is 0 Å². The fourth-order valence-corrected chi connectivity index (χ4v) is 2.27. The standard InChI is InChI=1S/C14H8ClFN2O2/c15-10-6-9(16)2-4-12(10)18-7-17-11-3-1-8(14(19)20)5-13(11)18/h1-7H,(H,19,20). The third-order valence-electron chi connectivity index (χ3n) is 2.96. The monoisotopic (exact) mass is 290 g/mol. The van der Waals surface area contributed by atoms with Gasteiger partial charge >= 0.3 is 5.97 Å². The van der Waals surface area contributed by atoms with Crippen molar-refractivity contribution in [1.82, 2.24) is 9.55 Å². The van der Waals surface area contributed by atoms with Gasteiger partial charge in [-0.1, -0.05) is 11.6 Å². The van der Waals surface area contributed by atoms with Gasteiger partial charge in [-0.3, -0.25) is 4.57 Å². The van der Waals surface area contributed by atoms with Crippen LogP contribution in [0.1, 0.15) is 10.4 Å². The summed E-state index contributed by atoms with van der Waals surface area (Å²) in [6, 6.07) is 8.61. The molecule has 1 heterocycles. The molecule has 0 saturated heterocycles. The molecule has 3 aromatic rings. The maximum atomic E-state index is 13.1. The molecule has 0 atom stereocenters. The van der Waals surface area contributed by atoms with Crippen LogP contribution in [-0.4, -0.2) is 20.6 Å². The summed E-state index contributed by atoms with van der Waals surface area (Å²) in [5.74, 6) is -1.46. The molecule has 0 spiro atoms. The van der Waals surface area contributed by atoms with Crippen LogP contribution < -0.4 is 0 Å². The molecular formula is C14H8ClFN2O2. The Morgan fingerprint density at radius 1 is 1.25 bits per heavy atom. The zero-order valence-electron chi connectivity index (χ0n) is 10.0. The first kappa shape index (κ1) is 12.6. The second-order valence-electron chi connectivity index (χ2n) is 4.22. The molecule has 100 valence electrons. The molecule has 0 saturated carbocycles. The van der Waals surface area contributed by atoms with E-state index in [1.165, 1.54) is 36.7 Å². The van der Waals surface area contributed by atoms with Crippen molar-refractivity contribution in [3.63, 3.8) is 0 Å². The van der Waals surface area contributed by atoms with E-state index in [4.69, 9.17) is 16.7 Å². The molecule has 3 rings (SSSR count). The molecule has 0 aliphatic carbocycles. The molecule has 1 N–H and O–H groups in total. The van der Waals surface area contributed by atoms with Crippen LogP contribution in [0.4, 0.5) is 4.39 Å². The van der Waals surface area contributed by atoms with Crippen molar-refractivity contribution in [2.75, 3.05) is 0 Å². The fraction of sp³-hybridized carbons (Fsp3) is 0. The molecule has 6 heteroatoms. The van der Waals surface area contributed by atoms with Crippen LogP contribution in [0, 0.1) is 5.82 Å². The fourth-order valence-electron chi connectivity index (χ4n) is 2.01. The third-order valence-corrected chi connectivity index (χ3v) is 3.27. The lowest BCUT2D eigenvalue weighted by Crippen LogP contribution is -1.98. The minimum absolute atomic E-state index is 0.150. The number of benzene rings is 2. The Morgan fingerprint density at radius 3 is 2.75 bits per heavy atom. The first-order chi connectivity index (χ1) is 9.56. The summed E-state index contributed by atoms with van der Waals surface area (Å²) in [5, 5.41) is 9.26. The van der Waals surface area contributed by atoms with Crippen molar-refractivity contribution in [2.24, 2.45) is 0 Å². The number of hydrogen-bond donors (Lipinski definition) is 1. The van der Waals surface area contributed by atoms with Crippen molar-refractivity contribution >= 4 is 28.6 Å². The van der Waals surface area contributed by atoms with Gasteiger partial charge in [-0.25, -0.2) is 14.2 Å². The van der Waals surface area contributed by atoms with E-state index in [-0.39, 0.29) is 10.6 Å². The minimum atomic E-state index is -1.02. The number of imidazole rings is 1. The Morgan fingerprint density at radius 2 is 2.05 bits per heavy atom. The van der Waals surface area contributed by atoms with Crippen LogP contribution in [-0.2, 0) is 0 Å². The number of hydrogen-bond acceptors (Lipinski definition) is 2. The predicted molar refractivity (Wildman–Crippen MR) is 73.0 cm³/mol. The van der Waals surface area contributed by atoms with Crippen molar-refractivity contribution in [3.8, 4) is 5.69 Å². The normalized spacial score (nSPS) is 10.9. The lowest BCUT2D eigenvalue weighted by Gasteiger charge is -2.07. The molecule has 1 aromatic heterocycles. The smallest absolute Gasteiger partial charge is 0.335 e. The van der Waals surface area contributed by atoms with Crippen LogP contribution in [0.15, 0.2) is 42.7 Å². The second-order valence-corrected chi connectivity index (χ2v) is 4.63. The van der Waals surface area contributed by atoms with Crippen molar-refractivity contribution in [2.45, 2.75) is 0 Å². The Bertz CT molecular complexity index is 829. The Balaban J connectivity index is 2.25. The molecule has 0 radical (unpaired) electrons. The number of halogens is 2. The Hall–Kier alpha value is -2.40. The number of fused-ring (bicyclic) bond motifs is 1. The largest absolute Gasteiger partial charge is 0.478 e. The summed E-state index contributed by atoms with van der Waals surface area (Å²) in [5.41, 5.74) is 1.92. The zero-order chi connectivity index (χ0) is 14.3. The van der Waals surface area contributed by atoms with Gasteiger partial charge in [0.15, 0.2) is 0 Å². The summed E-state index contributed by atoms with van der Waals surface area (Å²) in [6.07, 6.45) is 1.52. The van der Waals surface area contributed by atoms with E-state index in [0.29, 0.717) is 16.7 Å². The van der Waals surface area contributed by atoms with Crippen LogP contribution in [0.5, 0.6) is 0 Å². The topological polar surface area (TPSA) is 55.1 Å². The van der Waals surface area contributed by atoms with Crippen molar-refractivity contribution < 1.29 is 14.3 Å². The molecule has 2 aromatic carbocycles. The number of aromatic carboxylic acids is 1. The summed E-state index contributed by atoms with van der Waals surface area (Å²) < 4.78 is 14.7. The highest BCUT2D eigenvalue weighted by molar-refractivity contribution is 6.32. The van der Waals surface area contributed by atoms with E-state index in [1.807, 2.05) is 0 Å². The molecule has 0 unspecified atom stereocenters. The molecule has 0 bridgehead atoms. The van der Waals surface area contributed by atoms with Crippen LogP contribution in [0.2, 0.25) is 5.02 Å². The third kappa shape index (κ3) is 2.02. The van der Waals surface area contributed by atoms with Crippen LogP contribution in [0.3, 0.4) is 0 Å². The van der Waals surface area contributed by atoms with Gasteiger partial charge < -0.3 is 5.11 Å². The maximum absolute atomic E-state index is 13.1. The number of carbonyl (C=O) groups is 1. The molecule has 0 aliphatic heterocycles. The Labute approximate surface area is 118 Å². The molecule has 0 aliphatic rings. The van der Waals surface area contributed by atoms with Gasteiger partial charge in [0.25, 0.3) is 0 Å². The van der Waals surface area contributed by atoms with E-state index < -0.39 is 11.8 Å². The van der Waals surface area contributed by atoms with Gasteiger partial charge in [0.05, 0.1) is 27.3 Å². The van der Waals surface area contributed by atoms with Crippen LogP contribution in [0.25, 0.3) is 16.7 Å². The molecule has 4 nitrogen and oxygen atoms in total. The number of aromatic nitrogens is 2. The lowest BCUT2D eigenvalue weighted by atomic mass is 10.2. The van der Waals surface area contributed by atoms with Gasteiger partial charge in [0.2, 0.25) is 0 Å². The van der Waals surface area contributed by atoms with Gasteiger partial charge in [0.1, 0.15) is 12.1 Å². The zero-order valence-corrected chi connectivity index (χ0v) is 10.8. The Kier molecular flexibility index (Phi) is 2.91. The highest BCUT2D eigenvalue weighted by Crippen LogP contribution is 2.25. The minimum Gasteiger partial charge on any atom is -0.478 e. The SMILES string of the molecule is O=C(O)c1ccc2ncn(-c3ccc(F)cc3Cl)c2c1. The van der Waals surface area contributed by atoms with E-state index in [1.54, 1.807) is 10.6 Å². The second kappa shape index (κ2) is 4.61. The van der Waals surface area contributed by atoms with E-state index >= 15 is 0 Å². The highest BCUT2D eigenvalue weighted by atomic mass is 35.5. The molecule has 20 heavy (non-hydrogen) atoms. The lowest BCUT2D eigenvalue weighted by molar-refractivity contribution is 0.0697. The first-order valence-electron chi connectivity index (χ1n) is 5.72. The van der Waals surface area contributed by atoms with Gasteiger partial charge in [-0.2, -0.15) is 0 Å². The van der Waals surface area contributed by atoms with E-state index in [0.717, 1.165) is 0 Å².